The zero-order valence-corrected chi connectivity index (χ0v) is 7.27. The Morgan fingerprint density at radius 1 is 1.78 bits per heavy atom. The van der Waals surface area contributed by atoms with E-state index in [9.17, 15) is 0 Å². The van der Waals surface area contributed by atoms with Crippen molar-refractivity contribution in [3.63, 3.8) is 0 Å². The summed E-state index contributed by atoms with van der Waals surface area (Å²) in [6.07, 6.45) is 1.04. The third kappa shape index (κ3) is 1.68. The number of nitrogens with zero attached hydrogens (tertiary/aromatic N) is 1. The van der Waals surface area contributed by atoms with E-state index >= 15 is 0 Å². The normalized spacial score (nSPS) is 26.2. The number of hydrazone groups is 1. The van der Waals surface area contributed by atoms with Gasteiger partial charge in [-0.3, -0.25) is 5.43 Å². The molecule has 1 N–H and O–H groups in total. The van der Waals surface area contributed by atoms with E-state index < -0.39 is 0 Å². The first-order valence-electron chi connectivity index (χ1n) is 3.16. The summed E-state index contributed by atoms with van der Waals surface area (Å²) in [5, 5.41) is 4.14. The summed E-state index contributed by atoms with van der Waals surface area (Å²) < 4.78 is 0. The largest absolute Gasteiger partial charge is 0.296 e. The van der Waals surface area contributed by atoms with Crippen LogP contribution in [0.15, 0.2) is 5.10 Å². The Labute approximate surface area is 63.8 Å². The molecular formula is C6H11BrN2. The van der Waals surface area contributed by atoms with Gasteiger partial charge in [-0.15, -0.1) is 0 Å². The average Bonchev–Trinajstić information content (AvgIpc) is 2.14. The predicted molar refractivity (Wildman–Crippen MR) is 42.7 cm³/mol. The lowest BCUT2D eigenvalue weighted by atomic mass is 10.1. The second-order valence-corrected chi connectivity index (χ2v) is 3.66. The van der Waals surface area contributed by atoms with Gasteiger partial charge in [-0.05, 0) is 5.92 Å². The maximum atomic E-state index is 4.14. The van der Waals surface area contributed by atoms with Gasteiger partial charge in [-0.25, -0.2) is 0 Å². The Bertz CT molecular complexity index is 131. The van der Waals surface area contributed by atoms with Gasteiger partial charge in [0.05, 0.1) is 0 Å². The Morgan fingerprint density at radius 3 is 2.67 bits per heavy atom. The number of hydrogen-bond acceptors (Lipinski definition) is 2. The third-order valence-corrected chi connectivity index (χ3v) is 1.93. The van der Waals surface area contributed by atoms with Crippen LogP contribution in [0.25, 0.3) is 0 Å². The zero-order valence-electron chi connectivity index (χ0n) is 5.69. The molecule has 1 heterocycles. The van der Waals surface area contributed by atoms with Crippen molar-refractivity contribution in [2.45, 2.75) is 25.2 Å². The summed E-state index contributed by atoms with van der Waals surface area (Å²) in [5.41, 5.74) is 4.22. The van der Waals surface area contributed by atoms with Crippen LogP contribution in [-0.4, -0.2) is 10.7 Å². The molecule has 0 saturated carbocycles. The van der Waals surface area contributed by atoms with Crippen LogP contribution in [0.5, 0.6) is 0 Å². The number of alkyl halides is 1. The number of hydrogen-bond donors (Lipinski definition) is 1. The lowest BCUT2D eigenvalue weighted by Crippen LogP contribution is -2.10. The van der Waals surface area contributed by atoms with Crippen LogP contribution >= 0.6 is 15.9 Å². The average molecular weight is 191 g/mol. The first-order valence-corrected chi connectivity index (χ1v) is 4.07. The van der Waals surface area contributed by atoms with E-state index in [-0.39, 0.29) is 0 Å². The van der Waals surface area contributed by atoms with Gasteiger partial charge < -0.3 is 0 Å². The second kappa shape index (κ2) is 2.69. The van der Waals surface area contributed by atoms with Crippen LogP contribution in [0.3, 0.4) is 0 Å². The van der Waals surface area contributed by atoms with Crippen molar-refractivity contribution < 1.29 is 0 Å². The van der Waals surface area contributed by atoms with Crippen LogP contribution < -0.4 is 5.43 Å². The lowest BCUT2D eigenvalue weighted by Gasteiger charge is -2.00. The molecule has 0 radical (unpaired) electrons. The standard InChI is InChI=1S/C6H11BrN2/c1-4(2)5-3-6(7)9-8-5/h4,6,9H,3H2,1-2H3. The van der Waals surface area contributed by atoms with E-state index in [1.54, 1.807) is 0 Å². The van der Waals surface area contributed by atoms with E-state index in [4.69, 9.17) is 0 Å². The minimum atomic E-state index is 0.370. The molecule has 0 aliphatic carbocycles. The fourth-order valence-corrected chi connectivity index (χ4v) is 1.23. The molecule has 1 aliphatic rings. The van der Waals surface area contributed by atoms with Crippen molar-refractivity contribution >= 4 is 21.6 Å². The molecule has 1 atom stereocenters. The Morgan fingerprint density at radius 2 is 2.44 bits per heavy atom. The highest BCUT2D eigenvalue weighted by atomic mass is 79.9. The van der Waals surface area contributed by atoms with Gasteiger partial charge in [0.1, 0.15) is 4.95 Å². The van der Waals surface area contributed by atoms with Gasteiger partial charge in [0.2, 0.25) is 0 Å². The SMILES string of the molecule is CC(C)C1=NNC(Br)C1. The first-order chi connectivity index (χ1) is 4.20. The molecule has 1 unspecified atom stereocenters. The van der Waals surface area contributed by atoms with E-state index in [1.165, 1.54) is 5.71 Å². The Hall–Kier alpha value is -0.0500. The van der Waals surface area contributed by atoms with Crippen molar-refractivity contribution in [2.75, 3.05) is 0 Å². The van der Waals surface area contributed by atoms with E-state index in [0.717, 1.165) is 6.42 Å². The lowest BCUT2D eigenvalue weighted by molar-refractivity contribution is 0.773. The Balaban J connectivity index is 2.45. The molecule has 0 fully saturated rings. The smallest absolute Gasteiger partial charge is 0.104 e. The van der Waals surface area contributed by atoms with E-state index in [1.807, 2.05) is 0 Å². The van der Waals surface area contributed by atoms with E-state index in [0.29, 0.717) is 10.9 Å². The molecule has 0 aromatic carbocycles. The van der Waals surface area contributed by atoms with Crippen molar-refractivity contribution in [1.29, 1.82) is 0 Å². The molecule has 3 heteroatoms. The first kappa shape index (κ1) is 7.06. The van der Waals surface area contributed by atoms with Crippen molar-refractivity contribution in [3.8, 4) is 0 Å². The summed E-state index contributed by atoms with van der Waals surface area (Å²) in [6.45, 7) is 4.32. The molecule has 0 aromatic rings. The third-order valence-electron chi connectivity index (χ3n) is 1.40. The zero-order chi connectivity index (χ0) is 6.85. The summed E-state index contributed by atoms with van der Waals surface area (Å²) in [6, 6.07) is 0. The van der Waals surface area contributed by atoms with Gasteiger partial charge in [-0.1, -0.05) is 29.8 Å². The number of rotatable bonds is 1. The maximum Gasteiger partial charge on any atom is 0.104 e. The van der Waals surface area contributed by atoms with E-state index in [2.05, 4.69) is 40.3 Å². The molecule has 0 saturated heterocycles. The molecule has 0 aromatic heterocycles. The maximum absolute atomic E-state index is 4.14. The quantitative estimate of drug-likeness (QED) is 0.495. The topological polar surface area (TPSA) is 24.4 Å². The van der Waals surface area contributed by atoms with Crippen molar-refractivity contribution in [1.82, 2.24) is 5.43 Å². The van der Waals surface area contributed by atoms with Crippen molar-refractivity contribution in [2.24, 2.45) is 11.0 Å². The minimum Gasteiger partial charge on any atom is -0.296 e. The minimum absolute atomic E-state index is 0.370. The molecule has 0 spiro atoms. The highest BCUT2D eigenvalue weighted by Gasteiger charge is 2.16. The number of nitrogens with one attached hydrogen (secondary N) is 1. The van der Waals surface area contributed by atoms with Crippen LogP contribution in [0.4, 0.5) is 0 Å². The molecule has 9 heavy (non-hydrogen) atoms. The monoisotopic (exact) mass is 190 g/mol. The fourth-order valence-electron chi connectivity index (χ4n) is 0.793. The molecule has 1 aliphatic heterocycles. The molecule has 52 valence electrons. The highest BCUT2D eigenvalue weighted by molar-refractivity contribution is 9.09. The molecular weight excluding hydrogens is 180 g/mol. The van der Waals surface area contributed by atoms with Crippen LogP contribution in [0.2, 0.25) is 0 Å². The molecule has 1 rings (SSSR count). The van der Waals surface area contributed by atoms with Gasteiger partial charge in [0.25, 0.3) is 0 Å². The van der Waals surface area contributed by atoms with Crippen LogP contribution in [-0.2, 0) is 0 Å². The summed E-state index contributed by atoms with van der Waals surface area (Å²) in [5.74, 6) is 0.583. The van der Waals surface area contributed by atoms with Gasteiger partial charge in [0.15, 0.2) is 0 Å². The second-order valence-electron chi connectivity index (χ2n) is 2.56. The molecule has 0 amide bonds. The van der Waals surface area contributed by atoms with Gasteiger partial charge >= 0.3 is 0 Å². The van der Waals surface area contributed by atoms with Gasteiger partial charge in [-0.2, -0.15) is 5.10 Å². The van der Waals surface area contributed by atoms with Crippen LogP contribution in [0, 0.1) is 5.92 Å². The highest BCUT2D eigenvalue weighted by Crippen LogP contribution is 2.13. The van der Waals surface area contributed by atoms with Crippen molar-refractivity contribution in [3.05, 3.63) is 0 Å². The summed E-state index contributed by atoms with van der Waals surface area (Å²) in [7, 11) is 0. The molecule has 0 bridgehead atoms. The van der Waals surface area contributed by atoms with Gasteiger partial charge in [0, 0.05) is 12.1 Å². The predicted octanol–water partition coefficient (Wildman–Crippen LogP) is 1.71. The fraction of sp³-hybridized carbons (Fsp3) is 0.833. The summed E-state index contributed by atoms with van der Waals surface area (Å²) >= 11 is 3.42. The van der Waals surface area contributed by atoms with Crippen LogP contribution in [0.1, 0.15) is 20.3 Å². The molecule has 2 nitrogen and oxygen atoms in total. The Kier molecular flexibility index (Phi) is 2.11. The summed E-state index contributed by atoms with van der Waals surface area (Å²) in [4.78, 5) is 0.370. The number of halogens is 1.